The van der Waals surface area contributed by atoms with Crippen LogP contribution >= 0.6 is 0 Å². The molecule has 13 heavy (non-hydrogen) atoms. The van der Waals surface area contributed by atoms with E-state index in [1.165, 1.54) is 29.6 Å². The van der Waals surface area contributed by atoms with Crippen molar-refractivity contribution in [1.82, 2.24) is 0 Å². The van der Waals surface area contributed by atoms with Gasteiger partial charge in [-0.15, -0.1) is 0 Å². The number of hydrogen-bond acceptors (Lipinski definition) is 0. The second-order valence-electron chi connectivity index (χ2n) is 4.38. The molecule has 0 aromatic rings. The Hall–Kier alpha value is -0.780. The third kappa shape index (κ3) is 2.33. The van der Waals surface area contributed by atoms with Crippen LogP contribution in [0, 0.1) is 11.8 Å². The van der Waals surface area contributed by atoms with Crippen molar-refractivity contribution in [1.29, 1.82) is 0 Å². The van der Waals surface area contributed by atoms with E-state index in [0.717, 1.165) is 0 Å². The lowest BCUT2D eigenvalue weighted by molar-refractivity contribution is 0.445. The maximum absolute atomic E-state index is 4.07. The summed E-state index contributed by atoms with van der Waals surface area (Å²) in [7, 11) is 0. The third-order valence-corrected chi connectivity index (χ3v) is 2.95. The van der Waals surface area contributed by atoms with E-state index in [4.69, 9.17) is 0 Å². The Balaban J connectivity index is 2.88. The van der Waals surface area contributed by atoms with Crippen molar-refractivity contribution in [2.24, 2.45) is 11.8 Å². The summed E-state index contributed by atoms with van der Waals surface area (Å²) in [6, 6.07) is 0. The highest BCUT2D eigenvalue weighted by Gasteiger charge is 2.24. The third-order valence-electron chi connectivity index (χ3n) is 2.95. The molecule has 0 radical (unpaired) electrons. The van der Waals surface area contributed by atoms with Crippen molar-refractivity contribution < 1.29 is 0 Å². The van der Waals surface area contributed by atoms with Gasteiger partial charge in [-0.25, -0.2) is 0 Å². The van der Waals surface area contributed by atoms with Crippen molar-refractivity contribution in [3.8, 4) is 0 Å². The molecule has 0 saturated heterocycles. The predicted octanol–water partition coefficient (Wildman–Crippen LogP) is 4.11. The van der Waals surface area contributed by atoms with Gasteiger partial charge in [-0.3, -0.25) is 0 Å². The lowest BCUT2D eigenvalue weighted by Crippen LogP contribution is -2.18. The molecule has 0 saturated carbocycles. The van der Waals surface area contributed by atoms with Crippen LogP contribution in [0.2, 0.25) is 0 Å². The van der Waals surface area contributed by atoms with Gasteiger partial charge in [0.05, 0.1) is 0 Å². The topological polar surface area (TPSA) is 0 Å². The second kappa shape index (κ2) is 3.95. The Kier molecular flexibility index (Phi) is 3.13. The van der Waals surface area contributed by atoms with Crippen molar-refractivity contribution in [3.05, 3.63) is 36.0 Å². The van der Waals surface area contributed by atoms with Gasteiger partial charge in [-0.1, -0.05) is 36.0 Å². The average Bonchev–Trinajstić information content (AvgIpc) is 2.03. The van der Waals surface area contributed by atoms with Crippen LogP contribution in [0.5, 0.6) is 0 Å². The molecule has 0 N–H and O–H groups in total. The van der Waals surface area contributed by atoms with Crippen molar-refractivity contribution >= 4 is 0 Å². The molecule has 0 heterocycles. The molecular formula is C13H20. The van der Waals surface area contributed by atoms with Gasteiger partial charge >= 0.3 is 0 Å². The lowest BCUT2D eigenvalue weighted by Gasteiger charge is -2.30. The van der Waals surface area contributed by atoms with Crippen LogP contribution in [0.15, 0.2) is 36.0 Å². The van der Waals surface area contributed by atoms with Gasteiger partial charge in [0.15, 0.2) is 0 Å². The van der Waals surface area contributed by atoms with Gasteiger partial charge in [0.2, 0.25) is 0 Å². The minimum atomic E-state index is 0.534. The van der Waals surface area contributed by atoms with E-state index in [1.54, 1.807) is 0 Å². The molecule has 1 rings (SSSR count). The van der Waals surface area contributed by atoms with Crippen molar-refractivity contribution in [3.63, 3.8) is 0 Å². The van der Waals surface area contributed by atoms with Crippen LogP contribution in [0.1, 0.15) is 33.6 Å². The van der Waals surface area contributed by atoms with E-state index in [-0.39, 0.29) is 0 Å². The van der Waals surface area contributed by atoms with Gasteiger partial charge in [0.25, 0.3) is 0 Å². The fraction of sp³-hybridized carbons (Fsp3) is 0.538. The molecule has 1 aliphatic rings. The molecule has 0 bridgehead atoms. The minimum absolute atomic E-state index is 0.534. The molecule has 2 atom stereocenters. The largest absolute Gasteiger partial charge is 0.0998 e. The van der Waals surface area contributed by atoms with Gasteiger partial charge in [-0.05, 0) is 39.5 Å². The maximum Gasteiger partial charge on any atom is 0.00393 e. The molecular weight excluding hydrogens is 156 g/mol. The number of allylic oxidation sites excluding steroid dienone is 4. The van der Waals surface area contributed by atoms with E-state index in [2.05, 4.69) is 40.0 Å². The normalized spacial score (nSPS) is 28.1. The second-order valence-corrected chi connectivity index (χ2v) is 4.38. The summed E-state index contributed by atoms with van der Waals surface area (Å²) in [6.07, 6.45) is 4.84. The monoisotopic (exact) mass is 176 g/mol. The molecule has 0 heteroatoms. The smallest absolute Gasteiger partial charge is 0.00393 e. The summed E-state index contributed by atoms with van der Waals surface area (Å²) >= 11 is 0. The summed E-state index contributed by atoms with van der Waals surface area (Å²) in [4.78, 5) is 0. The molecule has 1 aliphatic carbocycles. The van der Waals surface area contributed by atoms with Gasteiger partial charge in [-0.2, -0.15) is 0 Å². The molecule has 0 amide bonds. The Labute approximate surface area is 82.0 Å². The van der Waals surface area contributed by atoms with E-state index >= 15 is 0 Å². The first-order chi connectivity index (χ1) is 6.02. The van der Waals surface area contributed by atoms with Crippen LogP contribution < -0.4 is 0 Å². The zero-order chi connectivity index (χ0) is 10.0. The highest BCUT2D eigenvalue weighted by Crippen LogP contribution is 2.36. The zero-order valence-electron chi connectivity index (χ0n) is 9.06. The van der Waals surface area contributed by atoms with Gasteiger partial charge < -0.3 is 0 Å². The predicted molar refractivity (Wildman–Crippen MR) is 59.6 cm³/mol. The van der Waals surface area contributed by atoms with Crippen LogP contribution in [0.3, 0.4) is 0 Å². The molecule has 0 aromatic heterocycles. The van der Waals surface area contributed by atoms with E-state index in [0.29, 0.717) is 11.8 Å². The average molecular weight is 176 g/mol. The van der Waals surface area contributed by atoms with Crippen LogP contribution in [-0.2, 0) is 0 Å². The molecule has 72 valence electrons. The first kappa shape index (κ1) is 10.3. The highest BCUT2D eigenvalue weighted by atomic mass is 14.3. The van der Waals surface area contributed by atoms with Gasteiger partial charge in [0, 0.05) is 5.92 Å². The molecule has 0 spiro atoms. The molecule has 0 fully saturated rings. The van der Waals surface area contributed by atoms with Gasteiger partial charge in [0.1, 0.15) is 0 Å². The van der Waals surface area contributed by atoms with Crippen LogP contribution in [-0.4, -0.2) is 0 Å². The quantitative estimate of drug-likeness (QED) is 0.555. The Morgan fingerprint density at radius 1 is 1.31 bits per heavy atom. The fourth-order valence-corrected chi connectivity index (χ4v) is 2.11. The summed E-state index contributed by atoms with van der Waals surface area (Å²) < 4.78 is 0. The van der Waals surface area contributed by atoms with E-state index in [1.807, 2.05) is 0 Å². The Bertz CT molecular complexity index is 255. The van der Waals surface area contributed by atoms with Crippen LogP contribution in [0.4, 0.5) is 0 Å². The lowest BCUT2D eigenvalue weighted by atomic mass is 9.75. The number of hydrogen-bond donors (Lipinski definition) is 0. The highest BCUT2D eigenvalue weighted by molar-refractivity contribution is 5.22. The molecule has 0 aliphatic heterocycles. The summed E-state index contributed by atoms with van der Waals surface area (Å²) in [5.74, 6) is 1.16. The zero-order valence-corrected chi connectivity index (χ0v) is 9.06. The molecule has 2 unspecified atom stereocenters. The first-order valence-electron chi connectivity index (χ1n) is 5.00. The summed E-state index contributed by atoms with van der Waals surface area (Å²) in [5, 5.41) is 0. The van der Waals surface area contributed by atoms with Crippen LogP contribution in [0.25, 0.3) is 0 Å². The maximum atomic E-state index is 4.07. The van der Waals surface area contributed by atoms with Crippen molar-refractivity contribution in [2.75, 3.05) is 0 Å². The standard InChI is InChI=1S/C13H20/c1-9(2)12-7-6-11(5)8-13(12)10(3)4/h8,12-13H,1,3,6-7H2,2,4-5H3. The Morgan fingerprint density at radius 3 is 2.38 bits per heavy atom. The number of rotatable bonds is 2. The minimum Gasteiger partial charge on any atom is -0.0998 e. The summed E-state index contributed by atoms with van der Waals surface area (Å²) in [6.45, 7) is 14.6. The molecule has 0 nitrogen and oxygen atoms in total. The van der Waals surface area contributed by atoms with E-state index in [9.17, 15) is 0 Å². The first-order valence-corrected chi connectivity index (χ1v) is 5.00. The summed E-state index contributed by atoms with van der Waals surface area (Å²) in [5.41, 5.74) is 4.08. The van der Waals surface area contributed by atoms with E-state index < -0.39 is 0 Å². The SMILES string of the molecule is C=C(C)C1C=C(C)CCC1C(=C)C. The fourth-order valence-electron chi connectivity index (χ4n) is 2.11. The Morgan fingerprint density at radius 2 is 1.92 bits per heavy atom. The molecule has 0 aromatic carbocycles. The van der Waals surface area contributed by atoms with Crippen molar-refractivity contribution in [2.45, 2.75) is 33.6 Å².